The predicted molar refractivity (Wildman–Crippen MR) is 95.7 cm³/mol. The summed E-state index contributed by atoms with van der Waals surface area (Å²) in [5.41, 5.74) is 0. The van der Waals surface area contributed by atoms with Gasteiger partial charge in [0.05, 0.1) is 13.2 Å². The molecule has 1 aliphatic heterocycles. The minimum Gasteiger partial charge on any atom is -0.378 e. The minimum atomic E-state index is 0.756. The van der Waals surface area contributed by atoms with E-state index in [0.29, 0.717) is 0 Å². The van der Waals surface area contributed by atoms with Crippen molar-refractivity contribution < 1.29 is 4.74 Å². The number of morpholine rings is 1. The zero-order valence-corrected chi connectivity index (χ0v) is 15.8. The Morgan fingerprint density at radius 3 is 1.72 bits per heavy atom. The average molecular weight is 345 g/mol. The summed E-state index contributed by atoms with van der Waals surface area (Å²) in [5.74, 6) is 4.95. The molecule has 1 saturated heterocycles. The van der Waals surface area contributed by atoms with E-state index in [-0.39, 0.29) is 0 Å². The lowest BCUT2D eigenvalue weighted by molar-refractivity contribution is 0.122. The third kappa shape index (κ3) is 5.97. The van der Waals surface area contributed by atoms with Crippen LogP contribution in [0.2, 0.25) is 0 Å². The largest absolute Gasteiger partial charge is 0.378 e. The number of rotatable bonds is 3. The normalized spacial score (nSPS) is 14.0. The van der Waals surface area contributed by atoms with Gasteiger partial charge in [-0.2, -0.15) is 9.97 Å². The molecule has 3 rings (SSSR count). The van der Waals surface area contributed by atoms with E-state index in [1.165, 1.54) is 0 Å². The number of aromatic nitrogens is 6. The van der Waals surface area contributed by atoms with Crippen molar-refractivity contribution in [2.75, 3.05) is 31.2 Å². The van der Waals surface area contributed by atoms with Gasteiger partial charge in [0.1, 0.15) is 29.1 Å². The molecule has 1 fully saturated rings. The van der Waals surface area contributed by atoms with E-state index in [1.807, 2.05) is 27.7 Å². The maximum Gasteiger partial charge on any atom is 0.229 e. The van der Waals surface area contributed by atoms with Crippen molar-refractivity contribution in [3.63, 3.8) is 0 Å². The average Bonchev–Trinajstić information content (AvgIpc) is 2.61. The molecule has 0 radical (unpaired) electrons. The molecule has 25 heavy (non-hydrogen) atoms. The Balaban J connectivity index is 0.000000196. The fourth-order valence-electron chi connectivity index (χ4n) is 2.43. The van der Waals surface area contributed by atoms with Gasteiger partial charge in [0.25, 0.3) is 0 Å². The molecule has 0 bridgehead atoms. The van der Waals surface area contributed by atoms with Crippen LogP contribution in [0, 0.1) is 20.8 Å². The first-order chi connectivity index (χ1) is 12.0. The first-order valence-electron chi connectivity index (χ1n) is 8.74. The van der Waals surface area contributed by atoms with Crippen LogP contribution in [0.15, 0.2) is 0 Å². The zero-order chi connectivity index (χ0) is 18.2. The van der Waals surface area contributed by atoms with Gasteiger partial charge in [0.15, 0.2) is 0 Å². The van der Waals surface area contributed by atoms with E-state index in [9.17, 15) is 0 Å². The highest BCUT2D eigenvalue weighted by molar-refractivity contribution is 5.30. The van der Waals surface area contributed by atoms with Crippen LogP contribution >= 0.6 is 0 Å². The molecule has 0 spiro atoms. The van der Waals surface area contributed by atoms with Crippen LogP contribution in [0.1, 0.15) is 43.0 Å². The van der Waals surface area contributed by atoms with E-state index in [4.69, 9.17) is 4.74 Å². The molecule has 0 N–H and O–H groups in total. The maximum absolute atomic E-state index is 5.30. The summed E-state index contributed by atoms with van der Waals surface area (Å²) in [6.07, 6.45) is 1.73. The summed E-state index contributed by atoms with van der Waals surface area (Å²) in [7, 11) is 0. The molecule has 0 unspecified atom stereocenters. The highest BCUT2D eigenvalue weighted by Crippen LogP contribution is 2.10. The quantitative estimate of drug-likeness (QED) is 0.829. The Hall–Kier alpha value is -2.22. The van der Waals surface area contributed by atoms with Gasteiger partial charge < -0.3 is 9.64 Å². The van der Waals surface area contributed by atoms with Crippen molar-refractivity contribution in [3.8, 4) is 0 Å². The van der Waals surface area contributed by atoms with Crippen molar-refractivity contribution >= 4 is 5.95 Å². The second-order valence-electron chi connectivity index (χ2n) is 5.75. The molecule has 3 heterocycles. The minimum absolute atomic E-state index is 0.756. The van der Waals surface area contributed by atoms with Gasteiger partial charge in [-0.1, -0.05) is 13.8 Å². The Bertz CT molecular complexity index is 666. The van der Waals surface area contributed by atoms with Gasteiger partial charge in [-0.25, -0.2) is 19.9 Å². The number of ether oxygens (including phenoxy) is 1. The number of hydrogen-bond acceptors (Lipinski definition) is 8. The highest BCUT2D eigenvalue weighted by atomic mass is 16.5. The maximum atomic E-state index is 5.30. The molecule has 0 aliphatic carbocycles. The van der Waals surface area contributed by atoms with Crippen molar-refractivity contribution in [3.05, 3.63) is 29.1 Å². The van der Waals surface area contributed by atoms with E-state index in [1.54, 1.807) is 0 Å². The molecule has 8 nitrogen and oxygen atoms in total. The fraction of sp³-hybridized carbons (Fsp3) is 0.647. The standard InChI is InChI=1S/C10H16N4O.C7H11N3/c1-3-9-11-8(2)12-10(13-9)14-4-6-15-7-5-14;1-4-7-9-5(2)8-6(3)10-7/h3-7H2,1-2H3;4H2,1-3H3. The lowest BCUT2D eigenvalue weighted by atomic mass is 10.4. The second kappa shape index (κ2) is 9.31. The summed E-state index contributed by atoms with van der Waals surface area (Å²) in [4.78, 5) is 27.5. The van der Waals surface area contributed by atoms with Crippen molar-refractivity contribution in [1.29, 1.82) is 0 Å². The molecule has 2 aromatic heterocycles. The first-order valence-corrected chi connectivity index (χ1v) is 8.74. The third-order valence-electron chi connectivity index (χ3n) is 3.61. The molecule has 0 saturated carbocycles. The van der Waals surface area contributed by atoms with Crippen molar-refractivity contribution in [2.45, 2.75) is 47.5 Å². The molecule has 0 atom stereocenters. The van der Waals surface area contributed by atoms with Crippen LogP contribution < -0.4 is 4.90 Å². The van der Waals surface area contributed by atoms with Crippen LogP contribution in [0.4, 0.5) is 5.95 Å². The summed E-state index contributed by atoms with van der Waals surface area (Å²) < 4.78 is 5.30. The summed E-state index contributed by atoms with van der Waals surface area (Å²) in [6.45, 7) is 13.0. The topological polar surface area (TPSA) is 89.8 Å². The van der Waals surface area contributed by atoms with Gasteiger partial charge >= 0.3 is 0 Å². The summed E-state index contributed by atoms with van der Waals surface area (Å²) >= 11 is 0. The number of anilines is 1. The Kier molecular flexibility index (Phi) is 7.12. The fourth-order valence-corrected chi connectivity index (χ4v) is 2.43. The van der Waals surface area contributed by atoms with E-state index < -0.39 is 0 Å². The second-order valence-corrected chi connectivity index (χ2v) is 5.75. The SMILES string of the molecule is CCc1nc(C)nc(C)n1.CCc1nc(C)nc(N2CCOCC2)n1. The molecular formula is C17H27N7O. The van der Waals surface area contributed by atoms with Crippen LogP contribution in [-0.2, 0) is 17.6 Å². The van der Waals surface area contributed by atoms with Crippen LogP contribution in [-0.4, -0.2) is 56.2 Å². The van der Waals surface area contributed by atoms with Gasteiger partial charge in [-0.3, -0.25) is 0 Å². The number of hydrogen-bond donors (Lipinski definition) is 0. The van der Waals surface area contributed by atoms with E-state index in [0.717, 1.165) is 74.2 Å². The first kappa shape index (κ1) is 19.1. The van der Waals surface area contributed by atoms with Crippen LogP contribution in [0.3, 0.4) is 0 Å². The summed E-state index contributed by atoms with van der Waals surface area (Å²) in [6, 6.07) is 0. The molecular weight excluding hydrogens is 318 g/mol. The van der Waals surface area contributed by atoms with Gasteiger partial charge in [-0.15, -0.1) is 0 Å². The zero-order valence-electron chi connectivity index (χ0n) is 15.8. The van der Waals surface area contributed by atoms with Gasteiger partial charge in [-0.05, 0) is 20.8 Å². The Labute approximate surface area is 149 Å². The molecule has 0 amide bonds. The van der Waals surface area contributed by atoms with Crippen molar-refractivity contribution in [1.82, 2.24) is 29.9 Å². The molecule has 2 aromatic rings. The summed E-state index contributed by atoms with van der Waals surface area (Å²) in [5, 5.41) is 0. The molecule has 0 aromatic carbocycles. The van der Waals surface area contributed by atoms with Crippen molar-refractivity contribution in [2.24, 2.45) is 0 Å². The van der Waals surface area contributed by atoms with Gasteiger partial charge in [0.2, 0.25) is 5.95 Å². The van der Waals surface area contributed by atoms with Crippen LogP contribution in [0.25, 0.3) is 0 Å². The Morgan fingerprint density at radius 1 is 0.720 bits per heavy atom. The molecule has 1 aliphatic rings. The molecule has 136 valence electrons. The van der Waals surface area contributed by atoms with Gasteiger partial charge in [0, 0.05) is 25.9 Å². The monoisotopic (exact) mass is 345 g/mol. The Morgan fingerprint density at radius 2 is 1.20 bits per heavy atom. The lowest BCUT2D eigenvalue weighted by Gasteiger charge is -2.26. The smallest absolute Gasteiger partial charge is 0.229 e. The van der Waals surface area contributed by atoms with Crippen LogP contribution in [0.5, 0.6) is 0 Å². The van der Waals surface area contributed by atoms with E-state index >= 15 is 0 Å². The predicted octanol–water partition coefficient (Wildman–Crippen LogP) is 1.63. The third-order valence-corrected chi connectivity index (χ3v) is 3.61. The number of aryl methyl sites for hydroxylation is 5. The van der Waals surface area contributed by atoms with E-state index in [2.05, 4.69) is 41.7 Å². The highest BCUT2D eigenvalue weighted by Gasteiger charge is 2.14. The number of nitrogens with zero attached hydrogens (tertiary/aromatic N) is 7. The molecule has 8 heteroatoms. The lowest BCUT2D eigenvalue weighted by Crippen LogP contribution is -2.37.